The quantitative estimate of drug-likeness (QED) is 0.866. The molecule has 5 nitrogen and oxygen atoms in total. The topological polar surface area (TPSA) is 75.4 Å². The Bertz CT molecular complexity index is 422. The average Bonchev–Trinajstić information content (AvgIpc) is 2.70. The number of amides is 1. The fourth-order valence-corrected chi connectivity index (χ4v) is 2.65. The maximum absolute atomic E-state index is 11.9. The Morgan fingerprint density at radius 1 is 1.42 bits per heavy atom. The van der Waals surface area contributed by atoms with Crippen LogP contribution in [0.3, 0.4) is 0 Å². The molecule has 1 heterocycles. The molecule has 19 heavy (non-hydrogen) atoms. The summed E-state index contributed by atoms with van der Waals surface area (Å²) < 4.78 is 5.04. The minimum atomic E-state index is -0.270. The molecule has 1 aromatic rings. The second-order valence-electron chi connectivity index (χ2n) is 5.40. The van der Waals surface area contributed by atoms with Crippen molar-refractivity contribution in [3.8, 4) is 0 Å². The predicted octanol–water partition coefficient (Wildman–Crippen LogP) is 1.50. The number of aromatic nitrogens is 1. The van der Waals surface area contributed by atoms with E-state index in [0.29, 0.717) is 18.7 Å². The lowest BCUT2D eigenvalue weighted by atomic mass is 9.86. The van der Waals surface area contributed by atoms with Crippen molar-refractivity contribution in [2.24, 2.45) is 5.92 Å². The van der Waals surface area contributed by atoms with Crippen molar-refractivity contribution in [1.82, 2.24) is 10.5 Å². The normalized spacial score (nSPS) is 23.3. The Hall–Kier alpha value is -1.36. The van der Waals surface area contributed by atoms with Crippen molar-refractivity contribution in [2.75, 3.05) is 6.54 Å². The van der Waals surface area contributed by atoms with Crippen LogP contribution in [0.15, 0.2) is 4.52 Å². The van der Waals surface area contributed by atoms with Gasteiger partial charge in [0.1, 0.15) is 5.76 Å². The SMILES string of the molecule is Cc1noc(C)c1CC(=O)NCC1CCCCC1O. The standard InChI is InChI=1S/C14H22N2O3/c1-9-12(10(2)19-16-9)7-14(18)15-8-11-5-3-4-6-13(11)17/h11,13,17H,3-8H2,1-2H3,(H,15,18). The fraction of sp³-hybridized carbons (Fsp3) is 0.714. The van der Waals surface area contributed by atoms with Crippen LogP contribution in [0.4, 0.5) is 0 Å². The molecule has 1 amide bonds. The minimum absolute atomic E-state index is 0.0350. The van der Waals surface area contributed by atoms with Crippen LogP contribution in [-0.2, 0) is 11.2 Å². The molecule has 106 valence electrons. The predicted molar refractivity (Wildman–Crippen MR) is 70.7 cm³/mol. The summed E-state index contributed by atoms with van der Waals surface area (Å²) in [7, 11) is 0. The van der Waals surface area contributed by atoms with Crippen LogP contribution < -0.4 is 5.32 Å². The maximum atomic E-state index is 11.9. The van der Waals surface area contributed by atoms with Gasteiger partial charge in [-0.3, -0.25) is 4.79 Å². The Morgan fingerprint density at radius 3 is 2.79 bits per heavy atom. The van der Waals surface area contributed by atoms with Crippen molar-refractivity contribution in [3.05, 3.63) is 17.0 Å². The summed E-state index contributed by atoms with van der Waals surface area (Å²) in [4.78, 5) is 11.9. The molecule has 0 bridgehead atoms. The van der Waals surface area contributed by atoms with E-state index >= 15 is 0 Å². The lowest BCUT2D eigenvalue weighted by Crippen LogP contribution is -2.37. The van der Waals surface area contributed by atoms with Crippen LogP contribution in [0.2, 0.25) is 0 Å². The Kier molecular flexibility index (Phi) is 4.58. The zero-order chi connectivity index (χ0) is 13.8. The van der Waals surface area contributed by atoms with Gasteiger partial charge in [0, 0.05) is 18.0 Å². The van der Waals surface area contributed by atoms with Gasteiger partial charge in [0.05, 0.1) is 18.2 Å². The summed E-state index contributed by atoms with van der Waals surface area (Å²) in [6.45, 7) is 4.21. The number of hydrogen-bond donors (Lipinski definition) is 2. The number of carbonyl (C=O) groups is 1. The first-order valence-corrected chi connectivity index (χ1v) is 6.94. The number of aliphatic hydroxyl groups is 1. The zero-order valence-electron chi connectivity index (χ0n) is 11.6. The van der Waals surface area contributed by atoms with Crippen molar-refractivity contribution < 1.29 is 14.4 Å². The molecule has 0 saturated heterocycles. The first kappa shape index (κ1) is 14.1. The van der Waals surface area contributed by atoms with Crippen LogP contribution in [-0.4, -0.2) is 28.8 Å². The van der Waals surface area contributed by atoms with Gasteiger partial charge in [-0.05, 0) is 26.7 Å². The van der Waals surface area contributed by atoms with E-state index in [2.05, 4.69) is 10.5 Å². The van der Waals surface area contributed by atoms with Gasteiger partial charge in [0.25, 0.3) is 0 Å². The molecule has 2 N–H and O–H groups in total. The highest BCUT2D eigenvalue weighted by Gasteiger charge is 2.23. The largest absolute Gasteiger partial charge is 0.393 e. The summed E-state index contributed by atoms with van der Waals surface area (Å²) in [6.07, 6.45) is 4.10. The van der Waals surface area contributed by atoms with Gasteiger partial charge in [-0.1, -0.05) is 18.0 Å². The number of aliphatic hydroxyl groups excluding tert-OH is 1. The summed E-state index contributed by atoms with van der Waals surface area (Å²) in [5.74, 6) is 0.861. The monoisotopic (exact) mass is 266 g/mol. The lowest BCUT2D eigenvalue weighted by Gasteiger charge is -2.27. The van der Waals surface area contributed by atoms with Crippen LogP contribution in [0, 0.1) is 19.8 Å². The molecule has 0 radical (unpaired) electrons. The van der Waals surface area contributed by atoms with E-state index in [9.17, 15) is 9.90 Å². The van der Waals surface area contributed by atoms with E-state index in [0.717, 1.165) is 36.9 Å². The molecule has 1 saturated carbocycles. The van der Waals surface area contributed by atoms with Crippen molar-refractivity contribution in [1.29, 1.82) is 0 Å². The number of hydrogen-bond acceptors (Lipinski definition) is 4. The summed E-state index contributed by atoms with van der Waals surface area (Å²) >= 11 is 0. The number of nitrogens with one attached hydrogen (secondary N) is 1. The molecule has 1 fully saturated rings. The highest BCUT2D eigenvalue weighted by atomic mass is 16.5. The average molecular weight is 266 g/mol. The lowest BCUT2D eigenvalue weighted by molar-refractivity contribution is -0.120. The molecule has 5 heteroatoms. The van der Waals surface area contributed by atoms with E-state index in [1.165, 1.54) is 0 Å². The second-order valence-corrected chi connectivity index (χ2v) is 5.40. The van der Waals surface area contributed by atoms with Gasteiger partial charge in [0.15, 0.2) is 0 Å². The molecule has 1 aliphatic carbocycles. The van der Waals surface area contributed by atoms with E-state index in [-0.39, 0.29) is 17.9 Å². The molecule has 0 aromatic carbocycles. The summed E-state index contributed by atoms with van der Waals surface area (Å²) in [5.41, 5.74) is 1.63. The third-order valence-corrected chi connectivity index (χ3v) is 3.95. The van der Waals surface area contributed by atoms with E-state index in [1.54, 1.807) is 0 Å². The molecule has 2 unspecified atom stereocenters. The second kappa shape index (κ2) is 6.19. The first-order valence-electron chi connectivity index (χ1n) is 6.94. The number of nitrogens with zero attached hydrogens (tertiary/aromatic N) is 1. The molecule has 0 aliphatic heterocycles. The highest BCUT2D eigenvalue weighted by molar-refractivity contribution is 5.78. The molecule has 2 atom stereocenters. The van der Waals surface area contributed by atoms with Gasteiger partial charge < -0.3 is 14.9 Å². The van der Waals surface area contributed by atoms with Crippen LogP contribution in [0.5, 0.6) is 0 Å². The Morgan fingerprint density at radius 2 is 2.16 bits per heavy atom. The maximum Gasteiger partial charge on any atom is 0.224 e. The molecular weight excluding hydrogens is 244 g/mol. The minimum Gasteiger partial charge on any atom is -0.393 e. The Labute approximate surface area is 113 Å². The van der Waals surface area contributed by atoms with Gasteiger partial charge in [0.2, 0.25) is 5.91 Å². The number of carbonyl (C=O) groups excluding carboxylic acids is 1. The Balaban J connectivity index is 1.81. The van der Waals surface area contributed by atoms with E-state index in [4.69, 9.17) is 4.52 Å². The zero-order valence-corrected chi connectivity index (χ0v) is 11.6. The number of aryl methyl sites for hydroxylation is 2. The van der Waals surface area contributed by atoms with Gasteiger partial charge in [-0.2, -0.15) is 0 Å². The van der Waals surface area contributed by atoms with Gasteiger partial charge in [-0.25, -0.2) is 0 Å². The smallest absolute Gasteiger partial charge is 0.224 e. The van der Waals surface area contributed by atoms with Crippen molar-refractivity contribution >= 4 is 5.91 Å². The van der Waals surface area contributed by atoms with Crippen LogP contribution in [0.25, 0.3) is 0 Å². The first-order chi connectivity index (χ1) is 9.08. The fourth-order valence-electron chi connectivity index (χ4n) is 2.65. The van der Waals surface area contributed by atoms with Gasteiger partial charge in [-0.15, -0.1) is 0 Å². The molecule has 1 aliphatic rings. The summed E-state index contributed by atoms with van der Waals surface area (Å²) in [6, 6.07) is 0. The highest BCUT2D eigenvalue weighted by Crippen LogP contribution is 2.23. The number of rotatable bonds is 4. The van der Waals surface area contributed by atoms with Crippen molar-refractivity contribution in [3.63, 3.8) is 0 Å². The van der Waals surface area contributed by atoms with Gasteiger partial charge >= 0.3 is 0 Å². The van der Waals surface area contributed by atoms with Crippen LogP contribution >= 0.6 is 0 Å². The third kappa shape index (κ3) is 3.56. The summed E-state index contributed by atoms with van der Waals surface area (Å²) in [5, 5.41) is 16.6. The van der Waals surface area contributed by atoms with E-state index < -0.39 is 0 Å². The molecular formula is C14H22N2O3. The third-order valence-electron chi connectivity index (χ3n) is 3.95. The van der Waals surface area contributed by atoms with Crippen LogP contribution in [0.1, 0.15) is 42.7 Å². The molecule has 1 aromatic heterocycles. The van der Waals surface area contributed by atoms with Crippen molar-refractivity contribution in [2.45, 2.75) is 52.1 Å². The van der Waals surface area contributed by atoms with E-state index in [1.807, 2.05) is 13.8 Å². The molecule has 2 rings (SSSR count). The molecule has 0 spiro atoms.